The lowest BCUT2D eigenvalue weighted by atomic mass is 10.2. The van der Waals surface area contributed by atoms with Crippen molar-refractivity contribution in [3.05, 3.63) is 0 Å². The Labute approximate surface area is 122 Å². The van der Waals surface area contributed by atoms with Crippen molar-refractivity contribution in [2.45, 2.75) is 37.2 Å². The van der Waals surface area contributed by atoms with Gasteiger partial charge in [0.25, 0.3) is 0 Å². The van der Waals surface area contributed by atoms with Crippen LogP contribution in [-0.4, -0.2) is 39.2 Å². The van der Waals surface area contributed by atoms with E-state index in [0.717, 1.165) is 0 Å². The van der Waals surface area contributed by atoms with Crippen LogP contribution in [0.5, 0.6) is 0 Å². The first-order valence-electron chi connectivity index (χ1n) is 5.15. The van der Waals surface area contributed by atoms with Gasteiger partial charge in [0, 0.05) is 0 Å². The summed E-state index contributed by atoms with van der Waals surface area (Å²) in [6.45, 7) is 6.89. The van der Waals surface area contributed by atoms with Gasteiger partial charge in [-0.3, -0.25) is 9.59 Å². The van der Waals surface area contributed by atoms with Crippen molar-refractivity contribution in [1.82, 2.24) is 0 Å². The van der Waals surface area contributed by atoms with Crippen molar-refractivity contribution in [3.63, 3.8) is 0 Å². The molecule has 0 unspecified atom stereocenters. The lowest BCUT2D eigenvalue weighted by Crippen LogP contribution is -2.33. The second kappa shape index (κ2) is 6.77. The first-order chi connectivity index (χ1) is 8.06. The van der Waals surface area contributed by atoms with Crippen molar-refractivity contribution in [3.8, 4) is 0 Å². The molecule has 0 aromatic heterocycles. The van der Waals surface area contributed by atoms with E-state index in [2.05, 4.69) is 0 Å². The zero-order chi connectivity index (χ0) is 14.6. The highest BCUT2D eigenvalue weighted by atomic mass is 32.2. The SMILES string of the molecule is COC(=O)C(C)(C)SC(=S)SC(C)(C)C(=O)OC. The molecule has 4 nitrogen and oxygen atoms in total. The van der Waals surface area contributed by atoms with Gasteiger partial charge in [-0.25, -0.2) is 0 Å². The third-order valence-electron chi connectivity index (χ3n) is 2.03. The van der Waals surface area contributed by atoms with Gasteiger partial charge >= 0.3 is 11.9 Å². The van der Waals surface area contributed by atoms with E-state index in [9.17, 15) is 9.59 Å². The number of carbonyl (C=O) groups is 2. The minimum atomic E-state index is -0.773. The summed E-state index contributed by atoms with van der Waals surface area (Å²) in [6, 6.07) is 0. The number of ether oxygens (including phenoxy) is 2. The third kappa shape index (κ3) is 5.16. The zero-order valence-corrected chi connectivity index (χ0v) is 13.8. The van der Waals surface area contributed by atoms with Crippen LogP contribution in [0.25, 0.3) is 0 Å². The Morgan fingerprint density at radius 1 is 0.889 bits per heavy atom. The summed E-state index contributed by atoms with van der Waals surface area (Å²) in [6.07, 6.45) is 0. The summed E-state index contributed by atoms with van der Waals surface area (Å²) in [5.41, 5.74) is 0. The number of rotatable bonds is 4. The smallest absolute Gasteiger partial charge is 0.321 e. The van der Waals surface area contributed by atoms with E-state index in [0.29, 0.717) is 3.53 Å². The predicted molar refractivity (Wildman–Crippen MR) is 80.0 cm³/mol. The number of methoxy groups -OCH3 is 2. The minimum Gasteiger partial charge on any atom is -0.468 e. The molecule has 0 fully saturated rings. The minimum absolute atomic E-state index is 0.355. The van der Waals surface area contributed by atoms with Gasteiger partial charge in [0.15, 0.2) is 0 Å². The zero-order valence-electron chi connectivity index (χ0n) is 11.4. The molecule has 0 bridgehead atoms. The molecule has 0 aliphatic heterocycles. The Kier molecular flexibility index (Phi) is 6.67. The highest BCUT2D eigenvalue weighted by Crippen LogP contribution is 2.37. The van der Waals surface area contributed by atoms with Crippen molar-refractivity contribution in [1.29, 1.82) is 0 Å². The topological polar surface area (TPSA) is 52.6 Å². The van der Waals surface area contributed by atoms with Crippen LogP contribution in [0.4, 0.5) is 0 Å². The summed E-state index contributed by atoms with van der Waals surface area (Å²) < 4.78 is 8.34. The van der Waals surface area contributed by atoms with Crippen LogP contribution in [0.15, 0.2) is 0 Å². The van der Waals surface area contributed by atoms with Gasteiger partial charge in [-0.2, -0.15) is 0 Å². The van der Waals surface area contributed by atoms with Crippen LogP contribution in [0.1, 0.15) is 27.7 Å². The fourth-order valence-electron chi connectivity index (χ4n) is 1.01. The van der Waals surface area contributed by atoms with Gasteiger partial charge < -0.3 is 9.47 Å². The maximum Gasteiger partial charge on any atom is 0.321 e. The number of hydrogen-bond acceptors (Lipinski definition) is 7. The Bertz CT molecular complexity index is 318. The number of thioether (sulfide) groups is 2. The second-order valence-corrected chi connectivity index (χ2v) is 8.91. The molecular weight excluding hydrogens is 292 g/mol. The largest absolute Gasteiger partial charge is 0.468 e. The quantitative estimate of drug-likeness (QED) is 0.584. The summed E-state index contributed by atoms with van der Waals surface area (Å²) >= 11 is 7.60. The maximum atomic E-state index is 11.5. The summed E-state index contributed by atoms with van der Waals surface area (Å²) in [5.74, 6) is -0.711. The molecule has 18 heavy (non-hydrogen) atoms. The lowest BCUT2D eigenvalue weighted by Gasteiger charge is -2.25. The molecule has 104 valence electrons. The Balaban J connectivity index is 4.62. The standard InChI is InChI=1S/C11H18O4S3/c1-10(2,7(12)14-5)17-9(16)18-11(3,4)8(13)15-6/h1-6H3. The molecule has 0 N–H and O–H groups in total. The third-order valence-corrected chi connectivity index (χ3v) is 4.72. The monoisotopic (exact) mass is 310 g/mol. The molecule has 0 amide bonds. The Morgan fingerprint density at radius 3 is 1.39 bits per heavy atom. The fourth-order valence-corrected chi connectivity index (χ4v) is 4.85. The van der Waals surface area contributed by atoms with Crippen LogP contribution in [0, 0.1) is 0 Å². The molecule has 0 rings (SSSR count). The summed E-state index contributed by atoms with van der Waals surface area (Å²) in [7, 11) is 2.67. The molecule has 7 heteroatoms. The van der Waals surface area contributed by atoms with Crippen LogP contribution in [0.3, 0.4) is 0 Å². The molecule has 0 radical (unpaired) electrons. The van der Waals surface area contributed by atoms with Gasteiger partial charge in [0.05, 0.1) is 14.2 Å². The second-order valence-electron chi connectivity index (χ2n) is 4.46. The maximum absolute atomic E-state index is 11.5. The van der Waals surface area contributed by atoms with E-state index in [1.54, 1.807) is 27.7 Å². The normalized spacial score (nSPS) is 11.9. The molecule has 0 spiro atoms. The molecule has 0 aliphatic rings. The number of esters is 2. The fraction of sp³-hybridized carbons (Fsp3) is 0.727. The molecule has 0 aromatic carbocycles. The van der Waals surface area contributed by atoms with E-state index in [4.69, 9.17) is 21.7 Å². The first kappa shape index (κ1) is 17.7. The molecule has 0 aromatic rings. The van der Waals surface area contributed by atoms with Gasteiger partial charge in [0.1, 0.15) is 13.0 Å². The van der Waals surface area contributed by atoms with Crippen LogP contribution in [-0.2, 0) is 19.1 Å². The molecule has 0 saturated heterocycles. The van der Waals surface area contributed by atoms with Crippen molar-refractivity contribution in [2.24, 2.45) is 0 Å². The Hall–Kier alpha value is -0.270. The van der Waals surface area contributed by atoms with E-state index < -0.39 is 9.49 Å². The number of hydrogen-bond donors (Lipinski definition) is 0. The van der Waals surface area contributed by atoms with Crippen LogP contribution < -0.4 is 0 Å². The van der Waals surface area contributed by atoms with Gasteiger partial charge in [0.2, 0.25) is 0 Å². The molecule has 0 aliphatic carbocycles. The average Bonchev–Trinajstić information content (AvgIpc) is 2.24. The lowest BCUT2D eigenvalue weighted by molar-refractivity contribution is -0.143. The van der Waals surface area contributed by atoms with Gasteiger partial charge in [-0.1, -0.05) is 35.7 Å². The molecule has 0 heterocycles. The van der Waals surface area contributed by atoms with Crippen molar-refractivity contribution < 1.29 is 19.1 Å². The molecule has 0 atom stereocenters. The van der Waals surface area contributed by atoms with Gasteiger partial charge in [-0.05, 0) is 27.7 Å². The van der Waals surface area contributed by atoms with E-state index in [1.807, 2.05) is 0 Å². The molecule has 0 saturated carbocycles. The Morgan fingerprint density at radius 2 is 1.17 bits per heavy atom. The van der Waals surface area contributed by atoms with E-state index >= 15 is 0 Å². The first-order valence-corrected chi connectivity index (χ1v) is 7.19. The van der Waals surface area contributed by atoms with E-state index in [1.165, 1.54) is 37.7 Å². The number of carbonyl (C=O) groups excluding carboxylic acids is 2. The van der Waals surface area contributed by atoms with E-state index in [-0.39, 0.29) is 11.9 Å². The van der Waals surface area contributed by atoms with Crippen LogP contribution in [0.2, 0.25) is 0 Å². The average molecular weight is 310 g/mol. The molecular formula is C11H18O4S3. The van der Waals surface area contributed by atoms with Crippen molar-refractivity contribution in [2.75, 3.05) is 14.2 Å². The number of thiocarbonyl (C=S) groups is 1. The van der Waals surface area contributed by atoms with Crippen molar-refractivity contribution >= 4 is 51.2 Å². The highest BCUT2D eigenvalue weighted by Gasteiger charge is 2.36. The summed E-state index contributed by atoms with van der Waals surface area (Å²) in [5, 5.41) is 0. The summed E-state index contributed by atoms with van der Waals surface area (Å²) in [4.78, 5) is 23.0. The highest BCUT2D eigenvalue weighted by molar-refractivity contribution is 8.48. The van der Waals surface area contributed by atoms with Crippen LogP contribution >= 0.6 is 35.7 Å². The van der Waals surface area contributed by atoms with Gasteiger partial charge in [-0.15, -0.1) is 0 Å². The predicted octanol–water partition coefficient (Wildman–Crippen LogP) is 2.64.